The highest BCUT2D eigenvalue weighted by Gasteiger charge is 2.14. The number of hydrogen-bond donors (Lipinski definition) is 1. The van der Waals surface area contributed by atoms with Gasteiger partial charge in [0, 0.05) is 0 Å². The Morgan fingerprint density at radius 2 is 2.14 bits per heavy atom. The molecule has 0 fully saturated rings. The maximum Gasteiger partial charge on any atom is 0.243 e. The molecule has 0 rings (SSSR count). The first-order valence-electron chi connectivity index (χ1n) is 4.96. The average Bonchev–Trinajstić information content (AvgIpc) is 2.10. The lowest BCUT2D eigenvalue weighted by Crippen LogP contribution is -2.39. The molecule has 0 unspecified atom stereocenters. The number of amides is 1. The molecule has 82 valence electrons. The molecule has 0 aliphatic heterocycles. The fraction of sp³-hybridized carbons (Fsp3) is 0.727. The van der Waals surface area contributed by atoms with Crippen LogP contribution in [0.4, 0.5) is 0 Å². The summed E-state index contributed by atoms with van der Waals surface area (Å²) in [6, 6.07) is 0.0692. The number of nitrogens with one attached hydrogen (secondary N) is 1. The summed E-state index contributed by atoms with van der Waals surface area (Å²) >= 11 is 0. The lowest BCUT2D eigenvalue weighted by molar-refractivity contribution is -0.118. The zero-order chi connectivity index (χ0) is 11.2. The van der Waals surface area contributed by atoms with Gasteiger partial charge in [0.2, 0.25) is 5.91 Å². The summed E-state index contributed by atoms with van der Waals surface area (Å²) in [4.78, 5) is 11.0. The maximum absolute atomic E-state index is 11.0. The van der Waals surface area contributed by atoms with E-state index in [4.69, 9.17) is 4.74 Å². The molecule has 0 bridgehead atoms. The second-order valence-electron chi connectivity index (χ2n) is 4.24. The number of carbonyl (C=O) groups is 1. The third-order valence-electron chi connectivity index (χ3n) is 1.74. The molecule has 0 saturated heterocycles. The van der Waals surface area contributed by atoms with Crippen molar-refractivity contribution in [2.24, 2.45) is 0 Å². The summed E-state index contributed by atoms with van der Waals surface area (Å²) in [6.07, 6.45) is 2.13. The molecule has 0 aromatic carbocycles. The van der Waals surface area contributed by atoms with Gasteiger partial charge in [-0.2, -0.15) is 0 Å². The third-order valence-corrected chi connectivity index (χ3v) is 1.74. The van der Waals surface area contributed by atoms with Crippen LogP contribution in [0.15, 0.2) is 12.7 Å². The molecule has 0 aromatic rings. The normalized spacial score (nSPS) is 13.4. The molecule has 0 aliphatic carbocycles. The Labute approximate surface area is 86.5 Å². The number of ether oxygens (including phenoxy) is 1. The fourth-order valence-corrected chi connectivity index (χ4v) is 0.872. The van der Waals surface area contributed by atoms with Gasteiger partial charge in [-0.1, -0.05) is 13.5 Å². The van der Waals surface area contributed by atoms with Crippen LogP contribution in [0.5, 0.6) is 0 Å². The van der Waals surface area contributed by atoms with Crippen LogP contribution in [-0.4, -0.2) is 24.2 Å². The molecule has 3 nitrogen and oxygen atoms in total. The summed E-state index contributed by atoms with van der Waals surface area (Å²) in [5, 5.41) is 2.81. The monoisotopic (exact) mass is 199 g/mol. The number of hydrogen-bond acceptors (Lipinski definition) is 2. The minimum atomic E-state index is -0.160. The van der Waals surface area contributed by atoms with E-state index in [-0.39, 0.29) is 17.6 Å². The van der Waals surface area contributed by atoms with Gasteiger partial charge in [0.05, 0.1) is 18.2 Å². The van der Waals surface area contributed by atoms with Gasteiger partial charge in [-0.3, -0.25) is 4.79 Å². The van der Waals surface area contributed by atoms with Crippen molar-refractivity contribution in [1.29, 1.82) is 0 Å². The molecule has 3 heteroatoms. The molecule has 0 saturated carbocycles. The number of rotatable bonds is 5. The van der Waals surface area contributed by atoms with E-state index in [2.05, 4.69) is 11.9 Å². The second kappa shape index (κ2) is 5.81. The molecule has 1 N–H and O–H groups in total. The van der Waals surface area contributed by atoms with Crippen molar-refractivity contribution in [2.45, 2.75) is 45.8 Å². The van der Waals surface area contributed by atoms with Crippen molar-refractivity contribution in [3.63, 3.8) is 0 Å². The molecule has 0 heterocycles. The Morgan fingerprint density at radius 3 is 2.50 bits per heavy atom. The summed E-state index contributed by atoms with van der Waals surface area (Å²) in [5.74, 6) is -0.144. The molecule has 1 amide bonds. The van der Waals surface area contributed by atoms with Gasteiger partial charge in [-0.15, -0.1) is 0 Å². The molecule has 14 heavy (non-hydrogen) atoms. The lowest BCUT2D eigenvalue weighted by Gasteiger charge is -2.24. The maximum atomic E-state index is 11.0. The van der Waals surface area contributed by atoms with Crippen LogP contribution in [-0.2, 0) is 9.53 Å². The van der Waals surface area contributed by atoms with E-state index >= 15 is 0 Å². The highest BCUT2D eigenvalue weighted by atomic mass is 16.5. The van der Waals surface area contributed by atoms with Crippen molar-refractivity contribution in [3.05, 3.63) is 12.7 Å². The molecular formula is C11H21NO2. The molecule has 0 radical (unpaired) electrons. The zero-order valence-corrected chi connectivity index (χ0v) is 9.59. The molecule has 0 spiro atoms. The van der Waals surface area contributed by atoms with Crippen LogP contribution in [0, 0.1) is 0 Å². The lowest BCUT2D eigenvalue weighted by atomic mass is 10.2. The molecule has 1 atom stereocenters. The smallest absolute Gasteiger partial charge is 0.243 e. The molecule has 0 aromatic heterocycles. The predicted molar refractivity (Wildman–Crippen MR) is 58.1 cm³/mol. The Morgan fingerprint density at radius 1 is 1.57 bits per heavy atom. The SMILES string of the molecule is C=CC(=O)N[C@H](CC)COC(C)(C)C. The average molecular weight is 199 g/mol. The first-order valence-corrected chi connectivity index (χ1v) is 4.96. The number of carbonyl (C=O) groups excluding carboxylic acids is 1. The van der Waals surface area contributed by atoms with Gasteiger partial charge < -0.3 is 10.1 Å². The van der Waals surface area contributed by atoms with Crippen molar-refractivity contribution in [3.8, 4) is 0 Å². The van der Waals surface area contributed by atoms with E-state index in [0.29, 0.717) is 6.61 Å². The predicted octanol–water partition coefficient (Wildman–Crippen LogP) is 1.88. The minimum absolute atomic E-state index is 0.0692. The molecule has 0 aliphatic rings. The van der Waals surface area contributed by atoms with E-state index in [1.54, 1.807) is 0 Å². The largest absolute Gasteiger partial charge is 0.374 e. The van der Waals surface area contributed by atoms with E-state index in [9.17, 15) is 4.79 Å². The standard InChI is InChI=1S/C11H21NO2/c1-6-9(12-10(13)7-2)8-14-11(3,4)5/h7,9H,2,6,8H2,1,3-5H3,(H,12,13)/t9-/m1/s1. The van der Waals surface area contributed by atoms with Gasteiger partial charge >= 0.3 is 0 Å². The Balaban J connectivity index is 3.91. The fourth-order valence-electron chi connectivity index (χ4n) is 0.872. The minimum Gasteiger partial charge on any atom is -0.374 e. The van der Waals surface area contributed by atoms with E-state index in [1.165, 1.54) is 6.08 Å². The Hall–Kier alpha value is -0.830. The van der Waals surface area contributed by atoms with Crippen LogP contribution in [0.25, 0.3) is 0 Å². The first-order chi connectivity index (χ1) is 6.39. The highest BCUT2D eigenvalue weighted by molar-refractivity contribution is 5.87. The third kappa shape index (κ3) is 6.66. The topological polar surface area (TPSA) is 38.3 Å². The van der Waals surface area contributed by atoms with Crippen LogP contribution in [0.1, 0.15) is 34.1 Å². The van der Waals surface area contributed by atoms with Gasteiger partial charge in [0.25, 0.3) is 0 Å². The van der Waals surface area contributed by atoms with E-state index < -0.39 is 0 Å². The first kappa shape index (κ1) is 13.2. The highest BCUT2D eigenvalue weighted by Crippen LogP contribution is 2.07. The van der Waals surface area contributed by atoms with Crippen molar-refractivity contribution < 1.29 is 9.53 Å². The van der Waals surface area contributed by atoms with Gasteiger partial charge in [0.1, 0.15) is 0 Å². The Bertz CT molecular complexity index is 194. The van der Waals surface area contributed by atoms with Gasteiger partial charge in [-0.25, -0.2) is 0 Å². The summed E-state index contributed by atoms with van der Waals surface area (Å²) < 4.78 is 5.58. The summed E-state index contributed by atoms with van der Waals surface area (Å²) in [6.45, 7) is 11.9. The van der Waals surface area contributed by atoms with Crippen LogP contribution in [0.2, 0.25) is 0 Å². The quantitative estimate of drug-likeness (QED) is 0.687. The summed E-state index contributed by atoms with van der Waals surface area (Å²) in [5.41, 5.74) is -0.160. The van der Waals surface area contributed by atoms with E-state index in [1.807, 2.05) is 27.7 Å². The van der Waals surface area contributed by atoms with Gasteiger partial charge in [-0.05, 0) is 33.3 Å². The van der Waals surface area contributed by atoms with Crippen LogP contribution >= 0.6 is 0 Å². The zero-order valence-electron chi connectivity index (χ0n) is 9.59. The van der Waals surface area contributed by atoms with Crippen LogP contribution < -0.4 is 5.32 Å². The van der Waals surface area contributed by atoms with Gasteiger partial charge in [0.15, 0.2) is 0 Å². The van der Waals surface area contributed by atoms with Crippen molar-refractivity contribution >= 4 is 5.91 Å². The van der Waals surface area contributed by atoms with Crippen molar-refractivity contribution in [1.82, 2.24) is 5.32 Å². The summed E-state index contributed by atoms with van der Waals surface area (Å²) in [7, 11) is 0. The molecular weight excluding hydrogens is 178 g/mol. The van der Waals surface area contributed by atoms with Crippen LogP contribution in [0.3, 0.4) is 0 Å². The van der Waals surface area contributed by atoms with Crippen molar-refractivity contribution in [2.75, 3.05) is 6.61 Å². The second-order valence-corrected chi connectivity index (χ2v) is 4.24. The Kier molecular flexibility index (Phi) is 5.46. The van der Waals surface area contributed by atoms with E-state index in [0.717, 1.165) is 6.42 Å².